The molecule has 8 heteroatoms. The molecule has 1 saturated heterocycles. The van der Waals surface area contributed by atoms with Crippen LogP contribution < -0.4 is 10.1 Å². The van der Waals surface area contributed by atoms with E-state index in [4.69, 9.17) is 4.74 Å². The van der Waals surface area contributed by atoms with E-state index in [9.17, 15) is 18.0 Å². The first-order chi connectivity index (χ1) is 11.3. The maximum absolute atomic E-state index is 12.4. The second-order valence-electron chi connectivity index (χ2n) is 5.89. The van der Waals surface area contributed by atoms with Crippen molar-refractivity contribution in [2.24, 2.45) is 5.92 Å². The third-order valence-electron chi connectivity index (χ3n) is 4.08. The van der Waals surface area contributed by atoms with Crippen LogP contribution in [0.25, 0.3) is 0 Å². The molecule has 0 spiro atoms. The zero-order valence-electron chi connectivity index (χ0n) is 13.3. The van der Waals surface area contributed by atoms with Gasteiger partial charge in [-0.2, -0.15) is 13.2 Å². The third-order valence-corrected chi connectivity index (χ3v) is 4.77. The van der Waals surface area contributed by atoms with Crippen LogP contribution in [0.15, 0.2) is 22.7 Å². The first kappa shape index (κ1) is 19.1. The maximum atomic E-state index is 12.4. The predicted molar refractivity (Wildman–Crippen MR) is 88.2 cm³/mol. The van der Waals surface area contributed by atoms with E-state index in [1.54, 1.807) is 18.2 Å². The standard InChI is InChI=1S/C16H20BrF3N2O2/c1-24-12-2-3-14(17)13(8-12)15(23)21-9-11-4-6-22(7-5-11)10-16(18,19)20/h2-3,8,11H,4-7,9-10H2,1H3,(H,21,23). The Morgan fingerprint density at radius 1 is 1.38 bits per heavy atom. The number of halogens is 4. The van der Waals surface area contributed by atoms with Crippen molar-refractivity contribution < 1.29 is 22.7 Å². The van der Waals surface area contributed by atoms with Gasteiger partial charge in [0.2, 0.25) is 0 Å². The molecule has 1 amide bonds. The highest BCUT2D eigenvalue weighted by Gasteiger charge is 2.32. The van der Waals surface area contributed by atoms with Crippen LogP contribution >= 0.6 is 15.9 Å². The van der Waals surface area contributed by atoms with Crippen LogP contribution in [0, 0.1) is 5.92 Å². The number of carbonyl (C=O) groups excluding carboxylic acids is 1. The Labute approximate surface area is 147 Å². The number of carbonyl (C=O) groups is 1. The van der Waals surface area contributed by atoms with Gasteiger partial charge in [0, 0.05) is 11.0 Å². The number of nitrogens with one attached hydrogen (secondary N) is 1. The molecule has 2 rings (SSSR count). The van der Waals surface area contributed by atoms with Crippen molar-refractivity contribution >= 4 is 21.8 Å². The number of amides is 1. The minimum absolute atomic E-state index is 0.197. The second kappa shape index (κ2) is 8.20. The largest absolute Gasteiger partial charge is 0.497 e. The van der Waals surface area contributed by atoms with Crippen molar-refractivity contribution in [3.05, 3.63) is 28.2 Å². The quantitative estimate of drug-likeness (QED) is 0.810. The van der Waals surface area contributed by atoms with Gasteiger partial charge in [0.05, 0.1) is 19.2 Å². The van der Waals surface area contributed by atoms with Crippen molar-refractivity contribution in [2.75, 3.05) is 33.3 Å². The van der Waals surface area contributed by atoms with Crippen LogP contribution in [-0.4, -0.2) is 50.3 Å². The Morgan fingerprint density at radius 2 is 2.04 bits per heavy atom. The van der Waals surface area contributed by atoms with Gasteiger partial charge in [0.15, 0.2) is 0 Å². The summed E-state index contributed by atoms with van der Waals surface area (Å²) < 4.78 is 42.9. The van der Waals surface area contributed by atoms with Gasteiger partial charge < -0.3 is 10.1 Å². The van der Waals surface area contributed by atoms with Gasteiger partial charge in [-0.25, -0.2) is 0 Å². The van der Waals surface area contributed by atoms with E-state index in [2.05, 4.69) is 21.2 Å². The fraction of sp³-hybridized carbons (Fsp3) is 0.562. The summed E-state index contributed by atoms with van der Waals surface area (Å²) >= 11 is 3.33. The van der Waals surface area contributed by atoms with Crippen LogP contribution in [0.2, 0.25) is 0 Å². The first-order valence-electron chi connectivity index (χ1n) is 7.69. The van der Waals surface area contributed by atoms with E-state index in [-0.39, 0.29) is 11.8 Å². The highest BCUT2D eigenvalue weighted by molar-refractivity contribution is 9.10. The number of ether oxygens (including phenoxy) is 1. The average molecular weight is 409 g/mol. The molecule has 0 unspecified atom stereocenters. The third kappa shape index (κ3) is 5.66. The molecule has 0 aromatic heterocycles. The van der Waals surface area contributed by atoms with Gasteiger partial charge >= 0.3 is 6.18 Å². The summed E-state index contributed by atoms with van der Waals surface area (Å²) in [7, 11) is 1.53. The summed E-state index contributed by atoms with van der Waals surface area (Å²) in [6, 6.07) is 5.13. The minimum atomic E-state index is -4.15. The molecule has 1 aliphatic heterocycles. The fourth-order valence-corrected chi connectivity index (χ4v) is 3.17. The molecule has 0 aliphatic carbocycles. The molecule has 0 bridgehead atoms. The fourth-order valence-electron chi connectivity index (χ4n) is 2.74. The van der Waals surface area contributed by atoms with Gasteiger partial charge in [-0.3, -0.25) is 9.69 Å². The van der Waals surface area contributed by atoms with E-state index >= 15 is 0 Å². The van der Waals surface area contributed by atoms with Crippen LogP contribution in [0.1, 0.15) is 23.2 Å². The van der Waals surface area contributed by atoms with Gasteiger partial charge in [-0.1, -0.05) is 0 Å². The molecule has 1 fully saturated rings. The lowest BCUT2D eigenvalue weighted by Crippen LogP contribution is -2.42. The molecule has 24 heavy (non-hydrogen) atoms. The van der Waals surface area contributed by atoms with Gasteiger partial charge in [-0.05, 0) is 66.0 Å². The number of hydrogen-bond donors (Lipinski definition) is 1. The van der Waals surface area contributed by atoms with E-state index < -0.39 is 12.7 Å². The van der Waals surface area contributed by atoms with Crippen molar-refractivity contribution in [1.82, 2.24) is 10.2 Å². The molecule has 1 N–H and O–H groups in total. The number of nitrogens with zero attached hydrogens (tertiary/aromatic N) is 1. The minimum Gasteiger partial charge on any atom is -0.497 e. The molecule has 1 aromatic carbocycles. The number of piperidine rings is 1. The molecular formula is C16H20BrF3N2O2. The summed E-state index contributed by atoms with van der Waals surface area (Å²) in [4.78, 5) is 13.7. The molecule has 1 heterocycles. The van der Waals surface area contributed by atoms with Crippen molar-refractivity contribution in [1.29, 1.82) is 0 Å². The summed E-state index contributed by atoms with van der Waals surface area (Å²) in [6.45, 7) is 0.414. The van der Waals surface area contributed by atoms with Crippen molar-refractivity contribution in [3.8, 4) is 5.75 Å². The topological polar surface area (TPSA) is 41.6 Å². The molecule has 0 atom stereocenters. The van der Waals surface area contributed by atoms with Crippen molar-refractivity contribution in [3.63, 3.8) is 0 Å². The number of methoxy groups -OCH3 is 1. The smallest absolute Gasteiger partial charge is 0.401 e. The number of rotatable bonds is 5. The summed E-state index contributed by atoms with van der Waals surface area (Å²) in [6.07, 6.45) is -2.86. The monoisotopic (exact) mass is 408 g/mol. The molecular weight excluding hydrogens is 389 g/mol. The van der Waals surface area contributed by atoms with E-state index in [0.717, 1.165) is 0 Å². The van der Waals surface area contributed by atoms with Gasteiger partial charge in [-0.15, -0.1) is 0 Å². The number of benzene rings is 1. The maximum Gasteiger partial charge on any atom is 0.401 e. The molecule has 0 saturated carbocycles. The highest BCUT2D eigenvalue weighted by atomic mass is 79.9. The van der Waals surface area contributed by atoms with Crippen LogP contribution in [0.3, 0.4) is 0 Å². The normalized spacial score (nSPS) is 16.9. The highest BCUT2D eigenvalue weighted by Crippen LogP contribution is 2.24. The first-order valence-corrected chi connectivity index (χ1v) is 8.48. The number of hydrogen-bond acceptors (Lipinski definition) is 3. The van der Waals surface area contributed by atoms with E-state index in [1.165, 1.54) is 12.0 Å². The number of likely N-dealkylation sites (tertiary alicyclic amines) is 1. The van der Waals surface area contributed by atoms with E-state index in [1.807, 2.05) is 0 Å². The second-order valence-corrected chi connectivity index (χ2v) is 6.74. The Balaban J connectivity index is 1.81. The molecule has 134 valence electrons. The lowest BCUT2D eigenvalue weighted by Gasteiger charge is -2.32. The zero-order valence-corrected chi connectivity index (χ0v) is 14.9. The van der Waals surface area contributed by atoms with Crippen molar-refractivity contribution in [2.45, 2.75) is 19.0 Å². The molecule has 1 aromatic rings. The Bertz CT molecular complexity index is 573. The average Bonchev–Trinajstić information content (AvgIpc) is 2.53. The van der Waals surface area contributed by atoms with E-state index in [0.29, 0.717) is 48.3 Å². The lowest BCUT2D eigenvalue weighted by atomic mass is 9.96. The van der Waals surface area contributed by atoms with Gasteiger partial charge in [0.1, 0.15) is 5.75 Å². The zero-order chi connectivity index (χ0) is 17.7. The molecule has 1 aliphatic rings. The molecule has 4 nitrogen and oxygen atoms in total. The van der Waals surface area contributed by atoms with Crippen LogP contribution in [0.5, 0.6) is 5.75 Å². The SMILES string of the molecule is COc1ccc(Br)c(C(=O)NCC2CCN(CC(F)(F)F)CC2)c1. The lowest BCUT2D eigenvalue weighted by molar-refractivity contribution is -0.148. The molecule has 0 radical (unpaired) electrons. The Kier molecular flexibility index (Phi) is 6.51. The summed E-state index contributed by atoms with van der Waals surface area (Å²) in [5.41, 5.74) is 0.476. The van der Waals surface area contributed by atoms with Crippen LogP contribution in [-0.2, 0) is 0 Å². The Hall–Kier alpha value is -1.28. The predicted octanol–water partition coefficient (Wildman–Crippen LogP) is 3.46. The Morgan fingerprint density at radius 3 is 2.62 bits per heavy atom. The number of alkyl halides is 3. The summed E-state index contributed by atoms with van der Waals surface area (Å²) in [5, 5.41) is 2.86. The van der Waals surface area contributed by atoms with Crippen LogP contribution in [0.4, 0.5) is 13.2 Å². The van der Waals surface area contributed by atoms with Gasteiger partial charge in [0.25, 0.3) is 5.91 Å². The summed E-state index contributed by atoms with van der Waals surface area (Å²) in [5.74, 6) is 0.560.